The monoisotopic (exact) mass is 679 g/mol. The summed E-state index contributed by atoms with van der Waals surface area (Å²) in [6.07, 6.45) is 1.48. The highest BCUT2D eigenvalue weighted by Gasteiger charge is 2.35. The quantitative estimate of drug-likeness (QED) is 0.152. The number of amides is 2. The molecule has 0 aliphatic heterocycles. The van der Waals surface area contributed by atoms with Crippen molar-refractivity contribution in [3.8, 4) is 0 Å². The molecule has 10 heteroatoms. The molecule has 2 amide bonds. The van der Waals surface area contributed by atoms with Crippen LogP contribution in [0, 0.1) is 6.92 Å². The number of anilines is 1. The summed E-state index contributed by atoms with van der Waals surface area (Å²) in [6, 6.07) is 27.2. The largest absolute Gasteiger partial charge is 0.354 e. The Balaban J connectivity index is 1.83. The van der Waals surface area contributed by atoms with E-state index in [9.17, 15) is 18.0 Å². The lowest BCUT2D eigenvalue weighted by Gasteiger charge is -2.34. The maximum Gasteiger partial charge on any atom is 0.264 e. The van der Waals surface area contributed by atoms with Crippen molar-refractivity contribution in [2.24, 2.45) is 0 Å². The van der Waals surface area contributed by atoms with Gasteiger partial charge in [-0.15, -0.1) is 0 Å². The Bertz CT molecular complexity index is 1750. The molecule has 4 aromatic rings. The number of nitrogens with zero attached hydrogens (tertiary/aromatic N) is 2. The number of rotatable bonds is 14. The standard InChI is InChI=1S/C36H39Cl2N3O4S/c1-4-21-39-36(43)34(23-27-11-7-6-8-12-27)40(24-28-17-20-31(37)32(38)22-28)35(42)25-41(33-14-10-9-13-29(33)5-2)46(44,45)30-18-15-26(3)16-19-30/h6-20,22,34H,4-5,21,23-25H2,1-3H3,(H,39,43)/t34-/m0/s1. The molecule has 4 aromatic carbocycles. The Kier molecular flexibility index (Phi) is 12.3. The molecule has 0 spiro atoms. The summed E-state index contributed by atoms with van der Waals surface area (Å²) in [5, 5.41) is 3.61. The summed E-state index contributed by atoms with van der Waals surface area (Å²) in [4.78, 5) is 29.9. The number of carbonyl (C=O) groups is 2. The summed E-state index contributed by atoms with van der Waals surface area (Å²) < 4.78 is 29.7. The number of hydrogen-bond donors (Lipinski definition) is 1. The van der Waals surface area contributed by atoms with Crippen LogP contribution in [-0.2, 0) is 39.0 Å². The molecule has 0 saturated carbocycles. The van der Waals surface area contributed by atoms with Gasteiger partial charge in [-0.05, 0) is 66.8 Å². The van der Waals surface area contributed by atoms with Crippen molar-refractivity contribution in [3.63, 3.8) is 0 Å². The third-order valence-electron chi connectivity index (χ3n) is 7.69. The number of aryl methyl sites for hydroxylation is 2. The van der Waals surface area contributed by atoms with Crippen LogP contribution in [0.25, 0.3) is 0 Å². The second-order valence-corrected chi connectivity index (χ2v) is 13.8. The molecular formula is C36H39Cl2N3O4S. The fourth-order valence-corrected chi connectivity index (χ4v) is 6.93. The third kappa shape index (κ3) is 8.69. The highest BCUT2D eigenvalue weighted by atomic mass is 35.5. The van der Waals surface area contributed by atoms with Crippen LogP contribution in [-0.4, -0.2) is 44.3 Å². The van der Waals surface area contributed by atoms with Crippen molar-refractivity contribution in [3.05, 3.63) is 129 Å². The molecule has 0 unspecified atom stereocenters. The zero-order chi connectivity index (χ0) is 33.3. The molecule has 0 saturated heterocycles. The minimum Gasteiger partial charge on any atom is -0.354 e. The van der Waals surface area contributed by atoms with Crippen molar-refractivity contribution < 1.29 is 18.0 Å². The Morgan fingerprint density at radius 2 is 1.50 bits per heavy atom. The molecule has 0 fully saturated rings. The van der Waals surface area contributed by atoms with Crippen molar-refractivity contribution >= 4 is 50.7 Å². The van der Waals surface area contributed by atoms with Crippen molar-refractivity contribution in [2.45, 2.75) is 57.5 Å². The predicted molar refractivity (Wildman–Crippen MR) is 186 cm³/mol. The Morgan fingerprint density at radius 1 is 0.826 bits per heavy atom. The molecule has 1 N–H and O–H groups in total. The van der Waals surface area contributed by atoms with E-state index in [0.717, 1.165) is 21.0 Å². The molecular weight excluding hydrogens is 641 g/mol. The maximum atomic E-state index is 14.6. The molecule has 0 bridgehead atoms. The number of carbonyl (C=O) groups excluding carboxylic acids is 2. The third-order valence-corrected chi connectivity index (χ3v) is 10.2. The van der Waals surface area contributed by atoms with Crippen LogP contribution in [0.3, 0.4) is 0 Å². The normalized spacial score (nSPS) is 11.9. The van der Waals surface area contributed by atoms with Gasteiger partial charge in [-0.25, -0.2) is 8.42 Å². The van der Waals surface area contributed by atoms with Gasteiger partial charge in [-0.1, -0.05) is 109 Å². The van der Waals surface area contributed by atoms with Crippen LogP contribution in [0.1, 0.15) is 42.5 Å². The van der Waals surface area contributed by atoms with Crippen LogP contribution in [0.4, 0.5) is 5.69 Å². The SMILES string of the molecule is CCCNC(=O)[C@H](Cc1ccccc1)N(Cc1ccc(Cl)c(Cl)c1)C(=O)CN(c1ccccc1CC)S(=O)(=O)c1ccc(C)cc1. The first-order chi connectivity index (χ1) is 22.0. The first-order valence-corrected chi connectivity index (χ1v) is 17.5. The van der Waals surface area contributed by atoms with Gasteiger partial charge in [-0.3, -0.25) is 13.9 Å². The number of benzene rings is 4. The van der Waals surface area contributed by atoms with Gasteiger partial charge in [-0.2, -0.15) is 0 Å². The van der Waals surface area contributed by atoms with E-state index in [1.807, 2.05) is 63.2 Å². The van der Waals surface area contributed by atoms with Gasteiger partial charge in [0.05, 0.1) is 20.6 Å². The zero-order valence-corrected chi connectivity index (χ0v) is 28.6. The zero-order valence-electron chi connectivity index (χ0n) is 26.2. The second kappa shape index (κ2) is 16.1. The summed E-state index contributed by atoms with van der Waals surface area (Å²) in [7, 11) is -4.19. The molecule has 0 aliphatic carbocycles. The lowest BCUT2D eigenvalue weighted by atomic mass is 10.0. The smallest absolute Gasteiger partial charge is 0.264 e. The summed E-state index contributed by atoms with van der Waals surface area (Å²) in [5.74, 6) is -0.874. The highest BCUT2D eigenvalue weighted by Crippen LogP contribution is 2.29. The molecule has 0 heterocycles. The fraction of sp³-hybridized carbons (Fsp3) is 0.278. The average molecular weight is 681 g/mol. The summed E-state index contributed by atoms with van der Waals surface area (Å²) >= 11 is 12.5. The van der Waals surface area contributed by atoms with Gasteiger partial charge >= 0.3 is 0 Å². The maximum absolute atomic E-state index is 14.6. The second-order valence-electron chi connectivity index (χ2n) is 11.1. The number of halogens is 2. The van der Waals surface area contributed by atoms with E-state index >= 15 is 0 Å². The summed E-state index contributed by atoms with van der Waals surface area (Å²) in [6.45, 7) is 5.66. The molecule has 46 heavy (non-hydrogen) atoms. The van der Waals surface area contributed by atoms with Crippen LogP contribution in [0.2, 0.25) is 10.0 Å². The Hall–Kier alpha value is -3.85. The van der Waals surface area contributed by atoms with Crippen LogP contribution < -0.4 is 9.62 Å². The van der Waals surface area contributed by atoms with E-state index in [-0.39, 0.29) is 23.8 Å². The van der Waals surface area contributed by atoms with Crippen molar-refractivity contribution in [2.75, 3.05) is 17.4 Å². The van der Waals surface area contributed by atoms with E-state index < -0.39 is 28.5 Å². The molecule has 0 radical (unpaired) electrons. The van der Waals surface area contributed by atoms with E-state index in [2.05, 4.69) is 5.32 Å². The number of sulfonamides is 1. The van der Waals surface area contributed by atoms with E-state index in [0.29, 0.717) is 40.7 Å². The molecule has 4 rings (SSSR count). The van der Waals surface area contributed by atoms with Gasteiger partial charge in [0.15, 0.2) is 0 Å². The molecule has 0 aromatic heterocycles. The first kappa shape index (κ1) is 35.0. The molecule has 0 aliphatic rings. The lowest BCUT2D eigenvalue weighted by molar-refractivity contribution is -0.140. The molecule has 7 nitrogen and oxygen atoms in total. The van der Waals surface area contributed by atoms with Gasteiger partial charge in [0, 0.05) is 19.5 Å². The number of nitrogens with one attached hydrogen (secondary N) is 1. The Morgan fingerprint density at radius 3 is 2.15 bits per heavy atom. The topological polar surface area (TPSA) is 86.8 Å². The molecule has 242 valence electrons. The van der Waals surface area contributed by atoms with Gasteiger partial charge in [0.25, 0.3) is 10.0 Å². The average Bonchev–Trinajstić information content (AvgIpc) is 3.06. The van der Waals surface area contributed by atoms with E-state index in [1.54, 1.807) is 54.6 Å². The van der Waals surface area contributed by atoms with Crippen molar-refractivity contribution in [1.82, 2.24) is 10.2 Å². The minimum atomic E-state index is -4.19. The highest BCUT2D eigenvalue weighted by molar-refractivity contribution is 7.92. The Labute approximate surface area is 282 Å². The van der Waals surface area contributed by atoms with Gasteiger partial charge in [0.1, 0.15) is 12.6 Å². The van der Waals surface area contributed by atoms with Crippen LogP contribution in [0.15, 0.2) is 102 Å². The summed E-state index contributed by atoms with van der Waals surface area (Å²) in [5.41, 5.74) is 3.58. The van der Waals surface area contributed by atoms with Crippen LogP contribution >= 0.6 is 23.2 Å². The lowest BCUT2D eigenvalue weighted by Crippen LogP contribution is -2.53. The number of para-hydroxylation sites is 1. The number of hydrogen-bond acceptors (Lipinski definition) is 4. The first-order valence-electron chi connectivity index (χ1n) is 15.3. The van der Waals surface area contributed by atoms with Gasteiger partial charge < -0.3 is 10.2 Å². The minimum absolute atomic E-state index is 0.000607. The molecule has 1 atom stereocenters. The van der Waals surface area contributed by atoms with E-state index in [1.165, 1.54) is 4.90 Å². The van der Waals surface area contributed by atoms with Gasteiger partial charge in [0.2, 0.25) is 11.8 Å². The predicted octanol–water partition coefficient (Wildman–Crippen LogP) is 7.23. The van der Waals surface area contributed by atoms with Crippen LogP contribution in [0.5, 0.6) is 0 Å². The van der Waals surface area contributed by atoms with Crippen molar-refractivity contribution in [1.29, 1.82) is 0 Å². The van der Waals surface area contributed by atoms with E-state index in [4.69, 9.17) is 23.2 Å². The fourth-order valence-electron chi connectivity index (χ4n) is 5.16.